The molecular formula is C13H20FN3O4S. The number of hydrogen-bond donors (Lipinski definition) is 2. The van der Waals surface area contributed by atoms with Gasteiger partial charge in [0.25, 0.3) is 5.69 Å². The van der Waals surface area contributed by atoms with Crippen molar-refractivity contribution in [1.82, 2.24) is 4.72 Å². The molecule has 7 nitrogen and oxygen atoms in total. The SMILES string of the molecule is Cc1c(F)cc(S(=O)(=O)NC(CN)CC(C)C)cc1[N+](=O)[O-]. The molecule has 1 unspecified atom stereocenters. The molecule has 0 spiro atoms. The Bertz CT molecular complexity index is 661. The maximum absolute atomic E-state index is 13.7. The number of rotatable bonds is 7. The summed E-state index contributed by atoms with van der Waals surface area (Å²) in [5, 5.41) is 10.9. The van der Waals surface area contributed by atoms with Gasteiger partial charge in [-0.05, 0) is 25.3 Å². The van der Waals surface area contributed by atoms with Gasteiger partial charge < -0.3 is 5.73 Å². The Kier molecular flexibility index (Phi) is 5.98. The Morgan fingerprint density at radius 1 is 1.41 bits per heavy atom. The van der Waals surface area contributed by atoms with E-state index in [4.69, 9.17) is 5.73 Å². The number of sulfonamides is 1. The van der Waals surface area contributed by atoms with Crippen molar-refractivity contribution in [1.29, 1.82) is 0 Å². The molecule has 22 heavy (non-hydrogen) atoms. The summed E-state index contributed by atoms with van der Waals surface area (Å²) in [7, 11) is -4.09. The van der Waals surface area contributed by atoms with Crippen LogP contribution in [0.15, 0.2) is 17.0 Å². The third kappa shape index (κ3) is 4.46. The van der Waals surface area contributed by atoms with Gasteiger partial charge in [0.15, 0.2) is 0 Å². The van der Waals surface area contributed by atoms with Crippen molar-refractivity contribution in [2.45, 2.75) is 38.1 Å². The molecule has 0 amide bonds. The van der Waals surface area contributed by atoms with Crippen LogP contribution in [0.3, 0.4) is 0 Å². The van der Waals surface area contributed by atoms with Crippen LogP contribution in [0, 0.1) is 28.8 Å². The minimum Gasteiger partial charge on any atom is -0.329 e. The van der Waals surface area contributed by atoms with Gasteiger partial charge in [-0.15, -0.1) is 0 Å². The summed E-state index contributed by atoms with van der Waals surface area (Å²) in [6.45, 7) is 5.12. The van der Waals surface area contributed by atoms with Crippen LogP contribution < -0.4 is 10.5 Å². The molecule has 0 saturated carbocycles. The van der Waals surface area contributed by atoms with Crippen molar-refractivity contribution in [3.8, 4) is 0 Å². The number of nitrogens with one attached hydrogen (secondary N) is 1. The van der Waals surface area contributed by atoms with Crippen molar-refractivity contribution in [2.75, 3.05) is 6.54 Å². The van der Waals surface area contributed by atoms with E-state index in [1.54, 1.807) is 0 Å². The average Bonchev–Trinajstić information content (AvgIpc) is 2.39. The first kappa shape index (κ1) is 18.5. The summed E-state index contributed by atoms with van der Waals surface area (Å²) < 4.78 is 40.6. The second kappa shape index (κ2) is 7.12. The average molecular weight is 333 g/mol. The zero-order valence-corrected chi connectivity index (χ0v) is 13.5. The van der Waals surface area contributed by atoms with E-state index in [0.717, 1.165) is 12.1 Å². The largest absolute Gasteiger partial charge is 0.329 e. The van der Waals surface area contributed by atoms with Crippen molar-refractivity contribution in [3.05, 3.63) is 33.6 Å². The number of nitro groups is 1. The molecule has 1 atom stereocenters. The number of halogens is 1. The maximum Gasteiger partial charge on any atom is 0.276 e. The molecule has 0 aliphatic rings. The first-order valence-electron chi connectivity index (χ1n) is 6.75. The highest BCUT2D eigenvalue weighted by Crippen LogP contribution is 2.25. The third-order valence-electron chi connectivity index (χ3n) is 3.16. The van der Waals surface area contributed by atoms with Gasteiger partial charge in [-0.3, -0.25) is 10.1 Å². The van der Waals surface area contributed by atoms with Crippen molar-refractivity contribution < 1.29 is 17.7 Å². The fourth-order valence-corrected chi connectivity index (χ4v) is 3.33. The number of benzene rings is 1. The quantitative estimate of drug-likeness (QED) is 0.582. The second-order valence-corrected chi connectivity index (χ2v) is 7.20. The summed E-state index contributed by atoms with van der Waals surface area (Å²) in [5.41, 5.74) is 4.75. The highest BCUT2D eigenvalue weighted by Gasteiger charge is 2.25. The molecule has 0 bridgehead atoms. The Balaban J connectivity index is 3.20. The summed E-state index contributed by atoms with van der Waals surface area (Å²) in [5.74, 6) is -0.733. The number of hydrogen-bond acceptors (Lipinski definition) is 5. The molecule has 0 radical (unpaired) electrons. The zero-order valence-electron chi connectivity index (χ0n) is 12.7. The van der Waals surface area contributed by atoms with Crippen LogP contribution >= 0.6 is 0 Å². The summed E-state index contributed by atoms with van der Waals surface area (Å²) in [6, 6.07) is 1.10. The molecule has 0 heterocycles. The molecule has 0 fully saturated rings. The molecular weight excluding hydrogens is 313 g/mol. The van der Waals surface area contributed by atoms with Crippen LogP contribution in [0.5, 0.6) is 0 Å². The Hall–Kier alpha value is -1.58. The van der Waals surface area contributed by atoms with Gasteiger partial charge in [-0.1, -0.05) is 13.8 Å². The van der Waals surface area contributed by atoms with Gasteiger partial charge in [-0.25, -0.2) is 17.5 Å². The first-order valence-corrected chi connectivity index (χ1v) is 8.23. The van der Waals surface area contributed by atoms with E-state index in [9.17, 15) is 22.9 Å². The molecule has 1 rings (SSSR count). The lowest BCUT2D eigenvalue weighted by Crippen LogP contribution is -2.41. The van der Waals surface area contributed by atoms with Crippen LogP contribution in [0.4, 0.5) is 10.1 Å². The van der Waals surface area contributed by atoms with Gasteiger partial charge in [0.1, 0.15) is 5.82 Å². The van der Waals surface area contributed by atoms with Gasteiger partial charge >= 0.3 is 0 Å². The molecule has 0 aromatic heterocycles. The van der Waals surface area contributed by atoms with Gasteiger partial charge in [0.05, 0.1) is 15.4 Å². The van der Waals surface area contributed by atoms with Crippen LogP contribution in [0.1, 0.15) is 25.8 Å². The van der Waals surface area contributed by atoms with E-state index in [-0.39, 0.29) is 18.0 Å². The van der Waals surface area contributed by atoms with Crippen LogP contribution in [-0.4, -0.2) is 25.9 Å². The van der Waals surface area contributed by atoms with E-state index in [1.165, 1.54) is 6.92 Å². The summed E-state index contributed by atoms with van der Waals surface area (Å²) in [4.78, 5) is 9.59. The highest BCUT2D eigenvalue weighted by atomic mass is 32.2. The smallest absolute Gasteiger partial charge is 0.276 e. The predicted molar refractivity (Wildman–Crippen MR) is 80.4 cm³/mol. The van der Waals surface area contributed by atoms with Gasteiger partial charge in [0.2, 0.25) is 10.0 Å². The van der Waals surface area contributed by atoms with E-state index in [2.05, 4.69) is 4.72 Å². The topological polar surface area (TPSA) is 115 Å². The van der Waals surface area contributed by atoms with Crippen molar-refractivity contribution in [3.63, 3.8) is 0 Å². The van der Waals surface area contributed by atoms with Crippen molar-refractivity contribution >= 4 is 15.7 Å². The lowest BCUT2D eigenvalue weighted by molar-refractivity contribution is -0.385. The molecule has 9 heteroatoms. The molecule has 1 aromatic rings. The predicted octanol–water partition coefficient (Wildman–Crippen LogP) is 1.69. The minimum absolute atomic E-state index is 0.0772. The maximum atomic E-state index is 13.7. The number of nitrogens with two attached hydrogens (primary N) is 1. The molecule has 124 valence electrons. The molecule has 0 aliphatic heterocycles. The van der Waals surface area contributed by atoms with Crippen LogP contribution in [-0.2, 0) is 10.0 Å². The summed E-state index contributed by atoms with van der Waals surface area (Å²) >= 11 is 0. The number of nitro benzene ring substituents is 1. The highest BCUT2D eigenvalue weighted by molar-refractivity contribution is 7.89. The molecule has 3 N–H and O–H groups in total. The van der Waals surface area contributed by atoms with Gasteiger partial charge in [-0.2, -0.15) is 0 Å². The minimum atomic E-state index is -4.09. The fourth-order valence-electron chi connectivity index (χ4n) is 2.03. The normalized spacial score (nSPS) is 13.4. The Morgan fingerprint density at radius 2 is 2.00 bits per heavy atom. The first-order chi connectivity index (χ1) is 10.1. The van der Waals surface area contributed by atoms with Crippen molar-refractivity contribution in [2.24, 2.45) is 11.7 Å². The Morgan fingerprint density at radius 3 is 2.45 bits per heavy atom. The van der Waals surface area contributed by atoms with E-state index >= 15 is 0 Å². The van der Waals surface area contributed by atoms with Crippen LogP contribution in [0.2, 0.25) is 0 Å². The standard InChI is InChI=1S/C13H20FN3O4S/c1-8(2)4-10(7-15)16-22(20,21)11-5-12(14)9(3)13(6-11)17(18)19/h5-6,8,10,16H,4,7,15H2,1-3H3. The lowest BCUT2D eigenvalue weighted by atomic mass is 10.1. The summed E-state index contributed by atoms with van der Waals surface area (Å²) in [6.07, 6.45) is 0.506. The molecule has 0 saturated heterocycles. The number of nitrogens with zero attached hydrogens (tertiary/aromatic N) is 1. The molecule has 1 aromatic carbocycles. The van der Waals surface area contributed by atoms with E-state index in [1.807, 2.05) is 13.8 Å². The zero-order chi connectivity index (χ0) is 17.1. The monoisotopic (exact) mass is 333 g/mol. The Labute approximate surface area is 128 Å². The van der Waals surface area contributed by atoms with Gasteiger partial charge in [0, 0.05) is 18.7 Å². The van der Waals surface area contributed by atoms with E-state index in [0.29, 0.717) is 6.42 Å². The van der Waals surface area contributed by atoms with E-state index < -0.39 is 37.4 Å². The lowest BCUT2D eigenvalue weighted by Gasteiger charge is -2.19. The molecule has 0 aliphatic carbocycles. The van der Waals surface area contributed by atoms with Crippen LogP contribution in [0.25, 0.3) is 0 Å². The second-order valence-electron chi connectivity index (χ2n) is 5.49. The fraction of sp³-hybridized carbons (Fsp3) is 0.538. The third-order valence-corrected chi connectivity index (χ3v) is 4.66.